The number of hydrogen-bond acceptors (Lipinski definition) is 5. The Morgan fingerprint density at radius 2 is 1.46 bits per heavy atom. The molecular formula is C17H10ClN3O3. The van der Waals surface area contributed by atoms with Gasteiger partial charge in [-0.25, -0.2) is 0 Å². The molecular weight excluding hydrogens is 330 g/mol. The monoisotopic (exact) mass is 339 g/mol. The predicted octanol–water partition coefficient (Wildman–Crippen LogP) is 3.19. The molecule has 1 aliphatic heterocycles. The molecule has 4 rings (SSSR count). The Bertz CT molecular complexity index is 932. The topological polar surface area (TPSA) is 76.3 Å². The number of aromatic nitrogens is 2. The molecule has 24 heavy (non-hydrogen) atoms. The maximum atomic E-state index is 12.3. The fourth-order valence-electron chi connectivity index (χ4n) is 2.58. The third kappa shape index (κ3) is 2.28. The first kappa shape index (κ1) is 14.6. The van der Waals surface area contributed by atoms with Gasteiger partial charge in [0.2, 0.25) is 11.8 Å². The molecule has 118 valence electrons. The number of fused-ring (bicyclic) bond motifs is 1. The van der Waals surface area contributed by atoms with Crippen molar-refractivity contribution in [1.82, 2.24) is 15.1 Å². The highest BCUT2D eigenvalue weighted by Gasteiger charge is 2.36. The summed E-state index contributed by atoms with van der Waals surface area (Å²) in [4.78, 5) is 25.8. The van der Waals surface area contributed by atoms with Crippen molar-refractivity contribution in [2.75, 3.05) is 0 Å². The SMILES string of the molecule is O=C1c2ccccc2C(=O)N1Cc1nnc(-c2ccccc2Cl)o1. The number of hydrogen-bond donors (Lipinski definition) is 0. The van der Waals surface area contributed by atoms with Crippen molar-refractivity contribution >= 4 is 23.4 Å². The number of nitrogens with zero attached hydrogens (tertiary/aromatic N) is 3. The second-order valence-corrected chi connectivity index (χ2v) is 5.63. The molecule has 0 fully saturated rings. The highest BCUT2D eigenvalue weighted by molar-refractivity contribution is 6.33. The molecule has 0 unspecified atom stereocenters. The number of rotatable bonds is 3. The maximum Gasteiger partial charge on any atom is 0.262 e. The normalized spacial score (nSPS) is 13.5. The van der Waals surface area contributed by atoms with Gasteiger partial charge in [-0.3, -0.25) is 14.5 Å². The Kier molecular flexibility index (Phi) is 3.39. The lowest BCUT2D eigenvalue weighted by Gasteiger charge is -2.10. The van der Waals surface area contributed by atoms with Gasteiger partial charge < -0.3 is 4.42 Å². The average Bonchev–Trinajstić information content (AvgIpc) is 3.15. The lowest BCUT2D eigenvalue weighted by molar-refractivity contribution is 0.0629. The van der Waals surface area contributed by atoms with Crippen LogP contribution in [0.1, 0.15) is 26.6 Å². The molecule has 0 atom stereocenters. The molecule has 7 heteroatoms. The van der Waals surface area contributed by atoms with Crippen molar-refractivity contribution in [3.05, 3.63) is 70.6 Å². The van der Waals surface area contributed by atoms with Gasteiger partial charge >= 0.3 is 0 Å². The minimum atomic E-state index is -0.368. The Labute approximate surface area is 141 Å². The van der Waals surface area contributed by atoms with Crippen LogP contribution in [-0.4, -0.2) is 26.9 Å². The molecule has 0 radical (unpaired) electrons. The van der Waals surface area contributed by atoms with E-state index in [1.165, 1.54) is 0 Å². The summed E-state index contributed by atoms with van der Waals surface area (Å²) in [6.07, 6.45) is 0. The third-order valence-corrected chi connectivity index (χ3v) is 4.07. The highest BCUT2D eigenvalue weighted by Crippen LogP contribution is 2.28. The largest absolute Gasteiger partial charge is 0.419 e. The number of carbonyl (C=O) groups is 2. The first-order valence-corrected chi connectivity index (χ1v) is 7.55. The Morgan fingerprint density at radius 1 is 0.875 bits per heavy atom. The van der Waals surface area contributed by atoms with Crippen LogP contribution in [0.15, 0.2) is 52.9 Å². The first-order valence-electron chi connectivity index (χ1n) is 7.17. The number of amides is 2. The van der Waals surface area contributed by atoms with Gasteiger partial charge in [0.05, 0.1) is 21.7 Å². The van der Waals surface area contributed by atoms with Crippen LogP contribution in [0.2, 0.25) is 5.02 Å². The summed E-state index contributed by atoms with van der Waals surface area (Å²) >= 11 is 6.10. The summed E-state index contributed by atoms with van der Waals surface area (Å²) in [6, 6.07) is 13.7. The third-order valence-electron chi connectivity index (χ3n) is 3.74. The van der Waals surface area contributed by atoms with E-state index in [4.69, 9.17) is 16.0 Å². The summed E-state index contributed by atoms with van der Waals surface area (Å²) in [7, 11) is 0. The molecule has 0 bridgehead atoms. The van der Waals surface area contributed by atoms with Crippen molar-refractivity contribution < 1.29 is 14.0 Å². The van der Waals surface area contributed by atoms with Crippen LogP contribution < -0.4 is 0 Å². The Hall–Kier alpha value is -2.99. The Morgan fingerprint density at radius 3 is 2.08 bits per heavy atom. The molecule has 2 aromatic carbocycles. The second kappa shape index (κ2) is 5.58. The second-order valence-electron chi connectivity index (χ2n) is 5.22. The van der Waals surface area contributed by atoms with Crippen LogP contribution in [-0.2, 0) is 6.54 Å². The molecule has 0 saturated carbocycles. The molecule has 3 aromatic rings. The van der Waals surface area contributed by atoms with E-state index < -0.39 is 0 Å². The highest BCUT2D eigenvalue weighted by atomic mass is 35.5. The van der Waals surface area contributed by atoms with Gasteiger partial charge in [0.1, 0.15) is 6.54 Å². The van der Waals surface area contributed by atoms with Gasteiger partial charge in [0.25, 0.3) is 11.8 Å². The summed E-state index contributed by atoms with van der Waals surface area (Å²) in [5.74, 6) is -0.326. The number of imide groups is 1. The zero-order valence-electron chi connectivity index (χ0n) is 12.3. The van der Waals surface area contributed by atoms with Gasteiger partial charge in [0.15, 0.2) is 0 Å². The van der Waals surface area contributed by atoms with Crippen molar-refractivity contribution in [1.29, 1.82) is 0 Å². The summed E-state index contributed by atoms with van der Waals surface area (Å²) in [5.41, 5.74) is 1.36. The molecule has 6 nitrogen and oxygen atoms in total. The van der Waals surface area contributed by atoms with E-state index in [0.717, 1.165) is 4.90 Å². The van der Waals surface area contributed by atoms with Crippen LogP contribution in [0.3, 0.4) is 0 Å². The predicted molar refractivity (Wildman–Crippen MR) is 85.4 cm³/mol. The van der Waals surface area contributed by atoms with Crippen molar-refractivity contribution in [2.45, 2.75) is 6.54 Å². The van der Waals surface area contributed by atoms with Gasteiger partial charge in [-0.1, -0.05) is 35.9 Å². The molecule has 1 aromatic heterocycles. The van der Waals surface area contributed by atoms with Crippen LogP contribution in [0, 0.1) is 0 Å². The fraction of sp³-hybridized carbons (Fsp3) is 0.0588. The zero-order valence-corrected chi connectivity index (χ0v) is 13.0. The fourth-order valence-corrected chi connectivity index (χ4v) is 2.80. The van der Waals surface area contributed by atoms with E-state index >= 15 is 0 Å². The molecule has 0 spiro atoms. The van der Waals surface area contributed by atoms with Crippen molar-refractivity contribution in [3.63, 3.8) is 0 Å². The minimum Gasteiger partial charge on any atom is -0.419 e. The van der Waals surface area contributed by atoms with Crippen molar-refractivity contribution in [3.8, 4) is 11.5 Å². The van der Waals surface area contributed by atoms with E-state index in [1.54, 1.807) is 48.5 Å². The van der Waals surface area contributed by atoms with E-state index in [-0.39, 0.29) is 30.1 Å². The first-order chi connectivity index (χ1) is 11.6. The lowest BCUT2D eigenvalue weighted by Crippen LogP contribution is -2.29. The van der Waals surface area contributed by atoms with Crippen LogP contribution in [0.25, 0.3) is 11.5 Å². The molecule has 0 saturated heterocycles. The van der Waals surface area contributed by atoms with Gasteiger partial charge in [-0.05, 0) is 24.3 Å². The summed E-state index contributed by atoms with van der Waals surface area (Å²) in [5, 5.41) is 8.33. The van der Waals surface area contributed by atoms with E-state index in [1.807, 2.05) is 0 Å². The van der Waals surface area contributed by atoms with Crippen LogP contribution >= 0.6 is 11.6 Å². The molecule has 2 amide bonds. The van der Waals surface area contributed by atoms with Gasteiger partial charge in [-0.15, -0.1) is 10.2 Å². The average molecular weight is 340 g/mol. The minimum absolute atomic E-state index is 0.0796. The number of benzene rings is 2. The standard InChI is InChI=1S/C17H10ClN3O3/c18-13-8-4-3-7-12(13)15-20-19-14(24-15)9-21-16(22)10-5-1-2-6-11(10)17(21)23/h1-8H,9H2. The molecule has 0 N–H and O–H groups in total. The van der Waals surface area contributed by atoms with Crippen LogP contribution in [0.5, 0.6) is 0 Å². The van der Waals surface area contributed by atoms with E-state index in [9.17, 15) is 9.59 Å². The summed E-state index contributed by atoms with van der Waals surface area (Å²) in [6.45, 7) is -0.0796. The number of halogens is 1. The summed E-state index contributed by atoms with van der Waals surface area (Å²) < 4.78 is 5.56. The maximum absolute atomic E-state index is 12.3. The molecule has 1 aliphatic rings. The lowest BCUT2D eigenvalue weighted by atomic mass is 10.1. The van der Waals surface area contributed by atoms with Crippen molar-refractivity contribution in [2.24, 2.45) is 0 Å². The van der Waals surface area contributed by atoms with Crippen LogP contribution in [0.4, 0.5) is 0 Å². The van der Waals surface area contributed by atoms with E-state index in [0.29, 0.717) is 21.7 Å². The molecule has 0 aliphatic carbocycles. The van der Waals surface area contributed by atoms with Gasteiger partial charge in [-0.2, -0.15) is 0 Å². The zero-order chi connectivity index (χ0) is 16.7. The smallest absolute Gasteiger partial charge is 0.262 e. The quantitative estimate of drug-likeness (QED) is 0.685. The molecule has 2 heterocycles. The number of carbonyl (C=O) groups excluding carboxylic acids is 2. The van der Waals surface area contributed by atoms with Gasteiger partial charge in [0, 0.05) is 0 Å². The Balaban J connectivity index is 1.61. The van der Waals surface area contributed by atoms with E-state index in [2.05, 4.69) is 10.2 Å².